The summed E-state index contributed by atoms with van der Waals surface area (Å²) in [6.45, 7) is -0.546. The van der Waals surface area contributed by atoms with Crippen LogP contribution in [-0.4, -0.2) is 33.8 Å². The van der Waals surface area contributed by atoms with Crippen LogP contribution < -0.4 is 4.72 Å². The summed E-state index contributed by atoms with van der Waals surface area (Å²) in [7, 11) is -2.62. The number of hydrogen-bond acceptors (Lipinski definition) is 6. The number of furan rings is 1. The first-order valence-corrected chi connectivity index (χ1v) is 9.60. The fourth-order valence-corrected chi connectivity index (χ4v) is 3.60. The maximum Gasteiger partial charge on any atom is 0.338 e. The van der Waals surface area contributed by atoms with Gasteiger partial charge in [0.2, 0.25) is 15.8 Å². The number of ketones is 1. The largest absolute Gasteiger partial charge is 0.454 e. The van der Waals surface area contributed by atoms with E-state index in [1.54, 1.807) is 24.3 Å². The van der Waals surface area contributed by atoms with Gasteiger partial charge >= 0.3 is 5.97 Å². The van der Waals surface area contributed by atoms with E-state index in [9.17, 15) is 18.0 Å². The minimum Gasteiger partial charge on any atom is -0.454 e. The lowest BCUT2D eigenvalue weighted by Gasteiger charge is -2.08. The van der Waals surface area contributed by atoms with Crippen LogP contribution in [0.1, 0.15) is 20.9 Å². The summed E-state index contributed by atoms with van der Waals surface area (Å²) >= 11 is 5.87. The Morgan fingerprint density at radius 2 is 1.89 bits per heavy atom. The molecule has 3 aromatic rings. The van der Waals surface area contributed by atoms with E-state index in [-0.39, 0.29) is 21.2 Å². The molecule has 0 aliphatic carbocycles. The lowest BCUT2D eigenvalue weighted by molar-refractivity contribution is 0.0468. The summed E-state index contributed by atoms with van der Waals surface area (Å²) in [5.74, 6) is -1.31. The molecule has 2 aromatic carbocycles. The van der Waals surface area contributed by atoms with Gasteiger partial charge in [0.05, 0.1) is 10.6 Å². The average Bonchev–Trinajstić information content (AvgIpc) is 3.10. The van der Waals surface area contributed by atoms with E-state index in [1.807, 2.05) is 6.07 Å². The van der Waals surface area contributed by atoms with Gasteiger partial charge < -0.3 is 9.15 Å². The second-order valence-electron chi connectivity index (χ2n) is 5.50. The summed E-state index contributed by atoms with van der Waals surface area (Å²) in [5, 5.41) is 0.714. The highest BCUT2D eigenvalue weighted by atomic mass is 35.5. The van der Waals surface area contributed by atoms with Crippen LogP contribution in [0.4, 0.5) is 0 Å². The maximum absolute atomic E-state index is 12.2. The molecular weight excluding hydrogens is 394 g/mol. The maximum atomic E-state index is 12.2. The topological polar surface area (TPSA) is 103 Å². The fraction of sp³-hybridized carbons (Fsp3) is 0.111. The van der Waals surface area contributed by atoms with Gasteiger partial charge in [0.15, 0.2) is 12.4 Å². The number of para-hydroxylation sites is 1. The molecule has 0 aliphatic rings. The Morgan fingerprint density at radius 3 is 2.59 bits per heavy atom. The second kappa shape index (κ2) is 7.51. The first-order valence-electron chi connectivity index (χ1n) is 7.74. The van der Waals surface area contributed by atoms with Gasteiger partial charge in [0.1, 0.15) is 10.5 Å². The highest BCUT2D eigenvalue weighted by Crippen LogP contribution is 2.23. The molecule has 0 amide bonds. The van der Waals surface area contributed by atoms with Crippen LogP contribution in [0.3, 0.4) is 0 Å². The third kappa shape index (κ3) is 4.02. The van der Waals surface area contributed by atoms with Crippen molar-refractivity contribution in [2.45, 2.75) is 4.90 Å². The SMILES string of the molecule is CNS(=O)(=O)c1cc(C(=O)OCC(=O)c2cc3ccccc3o2)ccc1Cl. The number of benzene rings is 2. The van der Waals surface area contributed by atoms with Crippen LogP contribution >= 0.6 is 11.6 Å². The average molecular weight is 408 g/mol. The Kier molecular flexibility index (Phi) is 5.31. The molecule has 0 radical (unpaired) electrons. The predicted molar refractivity (Wildman–Crippen MR) is 98.5 cm³/mol. The lowest BCUT2D eigenvalue weighted by Crippen LogP contribution is -2.20. The number of carbonyl (C=O) groups is 2. The van der Waals surface area contributed by atoms with Crippen LogP contribution in [0.2, 0.25) is 5.02 Å². The van der Waals surface area contributed by atoms with Gasteiger partial charge in [-0.25, -0.2) is 17.9 Å². The second-order valence-corrected chi connectivity index (χ2v) is 7.76. The highest BCUT2D eigenvalue weighted by molar-refractivity contribution is 7.89. The third-order valence-electron chi connectivity index (χ3n) is 3.76. The Hall–Kier alpha value is -2.68. The molecular formula is C18H14ClNO6S. The van der Waals surface area contributed by atoms with Gasteiger partial charge in [-0.15, -0.1) is 0 Å². The number of halogens is 1. The molecule has 1 heterocycles. The van der Waals surface area contributed by atoms with Gasteiger partial charge in [-0.3, -0.25) is 4.79 Å². The summed E-state index contributed by atoms with van der Waals surface area (Å²) in [5.41, 5.74) is 0.498. The first-order chi connectivity index (χ1) is 12.8. The van der Waals surface area contributed by atoms with E-state index in [4.69, 9.17) is 20.8 Å². The Morgan fingerprint density at radius 1 is 1.15 bits per heavy atom. The smallest absolute Gasteiger partial charge is 0.338 e. The van der Waals surface area contributed by atoms with E-state index in [0.29, 0.717) is 5.58 Å². The van der Waals surface area contributed by atoms with Crippen molar-refractivity contribution in [1.29, 1.82) is 0 Å². The van der Waals surface area contributed by atoms with Crippen LogP contribution in [0.15, 0.2) is 57.8 Å². The van der Waals surface area contributed by atoms with Crippen molar-refractivity contribution in [1.82, 2.24) is 4.72 Å². The molecule has 27 heavy (non-hydrogen) atoms. The van der Waals surface area contributed by atoms with Crippen molar-refractivity contribution >= 4 is 44.3 Å². The number of Topliss-reactive ketones (excluding diaryl/α,β-unsaturated/α-hetero) is 1. The lowest BCUT2D eigenvalue weighted by atomic mass is 10.2. The zero-order valence-electron chi connectivity index (χ0n) is 14.1. The summed E-state index contributed by atoms with van der Waals surface area (Å²) in [6, 6.07) is 12.3. The molecule has 0 unspecified atom stereocenters. The van der Waals surface area contributed by atoms with Crippen molar-refractivity contribution in [3.8, 4) is 0 Å². The molecule has 0 fully saturated rings. The quantitative estimate of drug-likeness (QED) is 0.497. The Balaban J connectivity index is 1.74. The van der Waals surface area contributed by atoms with Crippen LogP contribution in [-0.2, 0) is 14.8 Å². The zero-order valence-corrected chi connectivity index (χ0v) is 15.6. The summed E-state index contributed by atoms with van der Waals surface area (Å²) < 4.78 is 36.3. The molecule has 0 aliphatic heterocycles. The molecule has 0 saturated carbocycles. The van der Waals surface area contributed by atoms with Crippen molar-refractivity contribution in [3.05, 3.63) is 64.9 Å². The Labute approximate surface area is 159 Å². The van der Waals surface area contributed by atoms with Gasteiger partial charge in [0.25, 0.3) is 0 Å². The van der Waals surface area contributed by atoms with E-state index in [2.05, 4.69) is 4.72 Å². The normalized spacial score (nSPS) is 11.5. The molecule has 9 heteroatoms. The van der Waals surface area contributed by atoms with E-state index in [1.165, 1.54) is 19.2 Å². The molecule has 0 saturated heterocycles. The summed E-state index contributed by atoms with van der Waals surface area (Å²) in [4.78, 5) is 24.1. The number of nitrogens with one attached hydrogen (secondary N) is 1. The van der Waals surface area contributed by atoms with Gasteiger partial charge in [0, 0.05) is 5.39 Å². The molecule has 3 rings (SSSR count). The molecule has 1 aromatic heterocycles. The standard InChI is InChI=1S/C18H14ClNO6S/c1-20-27(23,24)17-9-12(6-7-13(17)19)18(22)25-10-14(21)16-8-11-4-2-3-5-15(11)26-16/h2-9,20H,10H2,1H3. The number of fused-ring (bicyclic) bond motifs is 1. The number of sulfonamides is 1. The van der Waals surface area contributed by atoms with E-state index >= 15 is 0 Å². The molecule has 0 spiro atoms. The van der Waals surface area contributed by atoms with Crippen molar-refractivity contribution in [2.24, 2.45) is 0 Å². The minimum atomic E-state index is -3.85. The van der Waals surface area contributed by atoms with Crippen LogP contribution in [0, 0.1) is 0 Å². The van der Waals surface area contributed by atoms with Crippen molar-refractivity contribution in [2.75, 3.05) is 13.7 Å². The number of ether oxygens (including phenoxy) is 1. The van der Waals surface area contributed by atoms with E-state index < -0.39 is 28.4 Å². The number of rotatable bonds is 6. The number of hydrogen-bond donors (Lipinski definition) is 1. The van der Waals surface area contributed by atoms with E-state index in [0.717, 1.165) is 11.5 Å². The van der Waals surface area contributed by atoms with Crippen LogP contribution in [0.5, 0.6) is 0 Å². The molecule has 0 atom stereocenters. The van der Waals surface area contributed by atoms with Crippen LogP contribution in [0.25, 0.3) is 11.0 Å². The number of carbonyl (C=O) groups excluding carboxylic acids is 2. The molecule has 1 N–H and O–H groups in total. The van der Waals surface area contributed by atoms with Crippen molar-refractivity contribution < 1.29 is 27.2 Å². The Bertz CT molecular complexity index is 1100. The van der Waals surface area contributed by atoms with Gasteiger partial charge in [-0.1, -0.05) is 29.8 Å². The monoisotopic (exact) mass is 407 g/mol. The van der Waals surface area contributed by atoms with Gasteiger partial charge in [-0.05, 0) is 37.4 Å². The van der Waals surface area contributed by atoms with Crippen molar-refractivity contribution in [3.63, 3.8) is 0 Å². The van der Waals surface area contributed by atoms with Gasteiger partial charge in [-0.2, -0.15) is 0 Å². The summed E-state index contributed by atoms with van der Waals surface area (Å²) in [6.07, 6.45) is 0. The predicted octanol–water partition coefficient (Wildman–Crippen LogP) is 3.03. The zero-order chi connectivity index (χ0) is 19.6. The highest BCUT2D eigenvalue weighted by Gasteiger charge is 2.20. The molecule has 7 nitrogen and oxygen atoms in total. The third-order valence-corrected chi connectivity index (χ3v) is 5.66. The minimum absolute atomic E-state index is 0.0424. The molecule has 0 bridgehead atoms. The molecule has 140 valence electrons. The number of esters is 1. The first kappa shape index (κ1) is 19.1. The fourth-order valence-electron chi connectivity index (χ4n) is 2.35.